The maximum atomic E-state index is 10.8. The Morgan fingerprint density at radius 3 is 2.54 bits per heavy atom. The molecule has 7 nitrogen and oxygen atoms in total. The van der Waals surface area contributed by atoms with Gasteiger partial charge in [-0.25, -0.2) is 0 Å². The van der Waals surface area contributed by atoms with Crippen LogP contribution in [-0.4, -0.2) is 19.8 Å². The molecule has 1 heterocycles. The third kappa shape index (κ3) is 4.87. The predicted octanol–water partition coefficient (Wildman–Crippen LogP) is 4.41. The number of hydrogen-bond donors (Lipinski definition) is 2. The van der Waals surface area contributed by atoms with Crippen molar-refractivity contribution in [1.29, 1.82) is 0 Å². The molecule has 0 radical (unpaired) electrons. The Hall–Kier alpha value is -2.78. The van der Waals surface area contributed by atoms with E-state index in [-0.39, 0.29) is 5.69 Å². The molecule has 9 heteroatoms. The number of non-ortho nitro benzene ring substituents is 1. The van der Waals surface area contributed by atoms with E-state index < -0.39 is 4.92 Å². The molecule has 0 amide bonds. The Balaban J connectivity index is 1.65. The molecule has 0 aliphatic heterocycles. The van der Waals surface area contributed by atoms with Crippen molar-refractivity contribution in [3.05, 3.63) is 81.1 Å². The third-order valence-corrected chi connectivity index (χ3v) is 4.06. The lowest BCUT2D eigenvalue weighted by molar-refractivity contribution is -0.384. The van der Waals surface area contributed by atoms with E-state index in [2.05, 4.69) is 31.7 Å². The second-order valence-electron chi connectivity index (χ2n) is 5.44. The van der Waals surface area contributed by atoms with Gasteiger partial charge < -0.3 is 10.6 Å². The van der Waals surface area contributed by atoms with Gasteiger partial charge in [0, 0.05) is 29.7 Å². The fourth-order valence-electron chi connectivity index (χ4n) is 2.35. The van der Waals surface area contributed by atoms with Gasteiger partial charge in [-0.15, -0.1) is 0 Å². The van der Waals surface area contributed by atoms with E-state index in [0.29, 0.717) is 17.3 Å². The Morgan fingerprint density at radius 2 is 1.88 bits per heavy atom. The highest BCUT2D eigenvalue weighted by molar-refractivity contribution is 9.10. The molecule has 132 valence electrons. The minimum atomic E-state index is -0.446. The number of nitro benzene ring substituents is 1. The zero-order valence-corrected chi connectivity index (χ0v) is 15.8. The van der Waals surface area contributed by atoms with Crippen molar-refractivity contribution in [1.82, 2.24) is 9.78 Å². The van der Waals surface area contributed by atoms with E-state index in [0.717, 1.165) is 15.7 Å². The van der Waals surface area contributed by atoms with E-state index in [1.165, 1.54) is 12.1 Å². The van der Waals surface area contributed by atoms with Crippen molar-refractivity contribution in [2.45, 2.75) is 6.54 Å². The molecule has 0 saturated carbocycles. The molecule has 0 aliphatic carbocycles. The smallest absolute Gasteiger partial charge is 0.271 e. The Kier molecular flexibility index (Phi) is 5.59. The van der Waals surface area contributed by atoms with Crippen molar-refractivity contribution in [2.75, 3.05) is 10.6 Å². The lowest BCUT2D eigenvalue weighted by Gasteiger charge is -2.11. The summed E-state index contributed by atoms with van der Waals surface area (Å²) in [4.78, 5) is 10.4. The highest BCUT2D eigenvalue weighted by atomic mass is 79.9. The molecule has 0 unspecified atom stereocenters. The summed E-state index contributed by atoms with van der Waals surface area (Å²) < 4.78 is 2.75. The summed E-state index contributed by atoms with van der Waals surface area (Å²) in [7, 11) is 0. The number of anilines is 2. The number of aromatic nitrogens is 2. The summed E-state index contributed by atoms with van der Waals surface area (Å²) >= 11 is 8.66. The van der Waals surface area contributed by atoms with E-state index >= 15 is 0 Å². The second-order valence-corrected chi connectivity index (χ2v) is 6.77. The summed E-state index contributed by atoms with van der Waals surface area (Å²) in [5.74, 6) is 0. The van der Waals surface area contributed by atoms with Gasteiger partial charge in [0.05, 0.1) is 22.1 Å². The summed E-state index contributed by atoms with van der Waals surface area (Å²) in [5.41, 5.74) is 2.43. The van der Waals surface area contributed by atoms with Crippen LogP contribution in [0, 0.1) is 10.1 Å². The third-order valence-electron chi connectivity index (χ3n) is 3.45. The molecule has 2 aromatic carbocycles. The van der Waals surface area contributed by atoms with Crippen LogP contribution in [0.15, 0.2) is 65.4 Å². The van der Waals surface area contributed by atoms with Crippen molar-refractivity contribution in [2.24, 2.45) is 0 Å². The van der Waals surface area contributed by atoms with Crippen LogP contribution in [0.1, 0.15) is 5.56 Å². The number of benzene rings is 2. The van der Waals surface area contributed by atoms with Gasteiger partial charge in [0.25, 0.3) is 5.69 Å². The van der Waals surface area contributed by atoms with Gasteiger partial charge in [0.1, 0.15) is 0 Å². The van der Waals surface area contributed by atoms with Gasteiger partial charge in [-0.05, 0) is 51.9 Å². The van der Waals surface area contributed by atoms with E-state index in [9.17, 15) is 10.1 Å². The fourth-order valence-corrected chi connectivity index (χ4v) is 2.91. The molecule has 26 heavy (non-hydrogen) atoms. The van der Waals surface area contributed by atoms with Crippen LogP contribution in [-0.2, 0) is 6.54 Å². The predicted molar refractivity (Wildman–Crippen MR) is 108 cm³/mol. The average Bonchev–Trinajstić information content (AvgIpc) is 3.00. The van der Waals surface area contributed by atoms with Crippen molar-refractivity contribution in [3.63, 3.8) is 0 Å². The Bertz CT molecular complexity index is 960. The minimum Gasteiger partial charge on any atom is -0.332 e. The number of nitrogens with one attached hydrogen (secondary N) is 2. The highest BCUT2D eigenvalue weighted by Crippen LogP contribution is 2.18. The Morgan fingerprint density at radius 1 is 1.19 bits per heavy atom. The van der Waals surface area contributed by atoms with E-state index in [1.54, 1.807) is 18.3 Å². The van der Waals surface area contributed by atoms with Crippen molar-refractivity contribution in [3.8, 4) is 0 Å². The van der Waals surface area contributed by atoms with Crippen LogP contribution in [0.25, 0.3) is 0 Å². The molecule has 2 N–H and O–H groups in total. The molecule has 1 aromatic heterocycles. The lowest BCUT2D eigenvalue weighted by Crippen LogP contribution is -2.19. The molecule has 3 aromatic rings. The molecular weight excluding hydrogens is 418 g/mol. The molecule has 0 atom stereocenters. The monoisotopic (exact) mass is 431 g/mol. The average molecular weight is 432 g/mol. The van der Waals surface area contributed by atoms with Gasteiger partial charge >= 0.3 is 0 Å². The Labute approximate surface area is 163 Å². The maximum absolute atomic E-state index is 10.8. The number of rotatable bonds is 5. The molecule has 0 aliphatic rings. The lowest BCUT2D eigenvalue weighted by atomic mass is 10.2. The first-order valence-electron chi connectivity index (χ1n) is 7.59. The zero-order chi connectivity index (χ0) is 18.5. The largest absolute Gasteiger partial charge is 0.332 e. The first kappa shape index (κ1) is 18.0. The van der Waals surface area contributed by atoms with Crippen LogP contribution in [0.5, 0.6) is 0 Å². The molecule has 3 rings (SSSR count). The first-order valence-corrected chi connectivity index (χ1v) is 8.79. The quantitative estimate of drug-likeness (QED) is 0.353. The molecule has 0 saturated heterocycles. The van der Waals surface area contributed by atoms with Gasteiger partial charge in [-0.1, -0.05) is 18.2 Å². The highest BCUT2D eigenvalue weighted by Gasteiger charge is 2.07. The van der Waals surface area contributed by atoms with Crippen LogP contribution in [0.3, 0.4) is 0 Å². The number of halogens is 1. The normalized spacial score (nSPS) is 10.3. The number of thiocarbonyl (C=S) groups is 1. The molecule has 0 fully saturated rings. The molecule has 0 spiro atoms. The van der Waals surface area contributed by atoms with Gasteiger partial charge in [-0.3, -0.25) is 14.8 Å². The van der Waals surface area contributed by atoms with Gasteiger partial charge in [0.15, 0.2) is 5.11 Å². The standard InChI is InChI=1S/C17H14BrN5O2S/c18-13-9-19-22(11-13)10-12-3-1-4-14(7-12)20-17(26)21-15-5-2-6-16(8-15)23(24)25/h1-9,11H,10H2,(H2,20,21,26). The minimum absolute atomic E-state index is 0.00480. The molecular formula is C17H14BrN5O2S. The first-order chi connectivity index (χ1) is 12.5. The number of nitro groups is 1. The number of hydrogen-bond acceptors (Lipinski definition) is 4. The van der Waals surface area contributed by atoms with Crippen LogP contribution >= 0.6 is 28.1 Å². The van der Waals surface area contributed by atoms with Crippen LogP contribution in [0.2, 0.25) is 0 Å². The van der Waals surface area contributed by atoms with Crippen LogP contribution in [0.4, 0.5) is 17.1 Å². The topological polar surface area (TPSA) is 85.0 Å². The summed E-state index contributed by atoms with van der Waals surface area (Å²) in [6.07, 6.45) is 3.63. The van der Waals surface area contributed by atoms with Crippen molar-refractivity contribution >= 4 is 50.3 Å². The maximum Gasteiger partial charge on any atom is 0.271 e. The van der Waals surface area contributed by atoms with Crippen LogP contribution < -0.4 is 10.6 Å². The molecule has 0 bridgehead atoms. The van der Waals surface area contributed by atoms with E-state index in [1.807, 2.05) is 35.1 Å². The fraction of sp³-hybridized carbons (Fsp3) is 0.0588. The number of nitrogens with zero attached hydrogens (tertiary/aromatic N) is 3. The van der Waals surface area contributed by atoms with Crippen molar-refractivity contribution < 1.29 is 4.92 Å². The van der Waals surface area contributed by atoms with Gasteiger partial charge in [0.2, 0.25) is 0 Å². The zero-order valence-electron chi connectivity index (χ0n) is 13.4. The van der Waals surface area contributed by atoms with Gasteiger partial charge in [-0.2, -0.15) is 5.10 Å². The van der Waals surface area contributed by atoms with E-state index in [4.69, 9.17) is 12.2 Å². The second kappa shape index (κ2) is 8.07. The summed E-state index contributed by atoms with van der Waals surface area (Å²) in [6, 6.07) is 14.0. The summed E-state index contributed by atoms with van der Waals surface area (Å²) in [6.45, 7) is 0.631. The SMILES string of the molecule is O=[N+]([O-])c1cccc(NC(=S)Nc2cccc(Cn3cc(Br)cn3)c2)c1. The summed E-state index contributed by atoms with van der Waals surface area (Å²) in [5, 5.41) is 21.5.